The van der Waals surface area contributed by atoms with Gasteiger partial charge >= 0.3 is 0 Å². The van der Waals surface area contributed by atoms with Gasteiger partial charge in [0.15, 0.2) is 0 Å². The van der Waals surface area contributed by atoms with Crippen LogP contribution in [0.15, 0.2) is 0 Å². The maximum atomic E-state index is 11.5. The van der Waals surface area contributed by atoms with Crippen LogP contribution in [0.5, 0.6) is 0 Å². The molecular formula is C11H20N4O. The molecule has 0 bridgehead atoms. The number of nitrogens with zero attached hydrogens (tertiary/aromatic N) is 1. The van der Waals surface area contributed by atoms with E-state index in [2.05, 4.69) is 20.8 Å². The van der Waals surface area contributed by atoms with E-state index < -0.39 is 0 Å². The molecule has 1 aromatic rings. The van der Waals surface area contributed by atoms with Gasteiger partial charge in [-0.15, -0.1) is 0 Å². The second-order valence-electron chi connectivity index (χ2n) is 3.91. The Morgan fingerprint density at radius 2 is 2.19 bits per heavy atom. The molecule has 3 N–H and O–H groups in total. The van der Waals surface area contributed by atoms with Crippen molar-refractivity contribution in [3.63, 3.8) is 0 Å². The van der Waals surface area contributed by atoms with E-state index in [0.29, 0.717) is 13.1 Å². The van der Waals surface area contributed by atoms with Gasteiger partial charge in [0.25, 0.3) is 0 Å². The predicted molar refractivity (Wildman–Crippen MR) is 63.0 cm³/mol. The molecule has 0 radical (unpaired) electrons. The Kier molecular flexibility index (Phi) is 4.49. The second kappa shape index (κ2) is 5.65. The molecule has 1 unspecified atom stereocenters. The first-order valence-electron chi connectivity index (χ1n) is 5.57. The van der Waals surface area contributed by atoms with Gasteiger partial charge in [-0.3, -0.25) is 9.89 Å². The number of nitrogens with one attached hydrogen (secondary N) is 3. The third-order valence-electron chi connectivity index (χ3n) is 2.61. The largest absolute Gasteiger partial charge is 0.355 e. The molecule has 0 fully saturated rings. The van der Waals surface area contributed by atoms with E-state index in [1.165, 1.54) is 0 Å². The molecule has 0 aliphatic carbocycles. The molecule has 1 aromatic heterocycles. The number of rotatable bonds is 5. The van der Waals surface area contributed by atoms with Crippen LogP contribution < -0.4 is 10.6 Å². The number of hydrogen-bond acceptors (Lipinski definition) is 3. The van der Waals surface area contributed by atoms with Crippen LogP contribution in [-0.4, -0.2) is 28.7 Å². The number of aromatic amines is 1. The van der Waals surface area contributed by atoms with Crippen LogP contribution in [0.2, 0.25) is 0 Å². The monoisotopic (exact) mass is 224 g/mol. The molecule has 0 aliphatic heterocycles. The normalized spacial score (nSPS) is 12.5. The minimum atomic E-state index is -0.186. The van der Waals surface area contributed by atoms with E-state index in [0.717, 1.165) is 17.0 Å². The van der Waals surface area contributed by atoms with Gasteiger partial charge < -0.3 is 10.6 Å². The van der Waals surface area contributed by atoms with Crippen molar-refractivity contribution in [3.05, 3.63) is 17.0 Å². The summed E-state index contributed by atoms with van der Waals surface area (Å²) in [6.45, 7) is 9.02. The Morgan fingerprint density at radius 1 is 1.50 bits per heavy atom. The second-order valence-corrected chi connectivity index (χ2v) is 3.91. The number of carbonyl (C=O) groups excluding carboxylic acids is 1. The smallest absolute Gasteiger partial charge is 0.236 e. The first-order valence-corrected chi connectivity index (χ1v) is 5.57. The van der Waals surface area contributed by atoms with Crippen LogP contribution in [0.3, 0.4) is 0 Å². The van der Waals surface area contributed by atoms with Crippen LogP contribution in [0.1, 0.15) is 30.8 Å². The Bertz CT molecular complexity index is 339. The summed E-state index contributed by atoms with van der Waals surface area (Å²) < 4.78 is 0. The van der Waals surface area contributed by atoms with E-state index in [1.54, 1.807) is 0 Å². The highest BCUT2D eigenvalue weighted by Gasteiger charge is 2.12. The molecule has 1 rings (SSSR count). The average Bonchev–Trinajstić information content (AvgIpc) is 2.56. The van der Waals surface area contributed by atoms with Crippen molar-refractivity contribution in [2.45, 2.75) is 40.3 Å². The van der Waals surface area contributed by atoms with Gasteiger partial charge in [-0.25, -0.2) is 0 Å². The first kappa shape index (κ1) is 12.7. The van der Waals surface area contributed by atoms with Crippen molar-refractivity contribution in [2.24, 2.45) is 0 Å². The molecule has 90 valence electrons. The SMILES string of the molecule is CCNC(=O)C(C)NCc1c(C)n[nH]c1C. The summed E-state index contributed by atoms with van der Waals surface area (Å²) in [5.41, 5.74) is 3.16. The molecule has 0 spiro atoms. The summed E-state index contributed by atoms with van der Waals surface area (Å²) in [6, 6.07) is -0.186. The molecule has 0 saturated carbocycles. The zero-order valence-electron chi connectivity index (χ0n) is 10.3. The lowest BCUT2D eigenvalue weighted by Gasteiger charge is -2.13. The maximum Gasteiger partial charge on any atom is 0.236 e. The highest BCUT2D eigenvalue weighted by Crippen LogP contribution is 2.08. The number of aryl methyl sites for hydroxylation is 2. The van der Waals surface area contributed by atoms with Gasteiger partial charge in [0, 0.05) is 24.3 Å². The molecule has 16 heavy (non-hydrogen) atoms. The Labute approximate surface area is 96.0 Å². The van der Waals surface area contributed by atoms with Crippen molar-refractivity contribution in [1.29, 1.82) is 0 Å². The lowest BCUT2D eigenvalue weighted by molar-refractivity contribution is -0.122. The van der Waals surface area contributed by atoms with Crippen LogP contribution in [0.25, 0.3) is 0 Å². The van der Waals surface area contributed by atoms with Crippen LogP contribution in [0, 0.1) is 13.8 Å². The molecule has 0 aliphatic rings. The molecule has 5 nitrogen and oxygen atoms in total. The zero-order chi connectivity index (χ0) is 12.1. The van der Waals surface area contributed by atoms with E-state index in [1.807, 2.05) is 27.7 Å². The molecule has 1 atom stereocenters. The Morgan fingerprint density at radius 3 is 2.69 bits per heavy atom. The lowest BCUT2D eigenvalue weighted by atomic mass is 10.2. The van der Waals surface area contributed by atoms with Gasteiger partial charge in [-0.2, -0.15) is 5.10 Å². The van der Waals surface area contributed by atoms with Crippen molar-refractivity contribution < 1.29 is 4.79 Å². The summed E-state index contributed by atoms with van der Waals surface area (Å²) in [6.07, 6.45) is 0. The highest BCUT2D eigenvalue weighted by atomic mass is 16.2. The van der Waals surface area contributed by atoms with Gasteiger partial charge in [0.1, 0.15) is 0 Å². The van der Waals surface area contributed by atoms with Crippen molar-refractivity contribution in [2.75, 3.05) is 6.54 Å². The number of aromatic nitrogens is 2. The van der Waals surface area contributed by atoms with Gasteiger partial charge in [-0.05, 0) is 27.7 Å². The predicted octanol–water partition coefficient (Wildman–Crippen LogP) is 0.641. The molecule has 0 aromatic carbocycles. The molecular weight excluding hydrogens is 204 g/mol. The summed E-state index contributed by atoms with van der Waals surface area (Å²) in [7, 11) is 0. The average molecular weight is 224 g/mol. The number of amides is 1. The summed E-state index contributed by atoms with van der Waals surface area (Å²) in [4.78, 5) is 11.5. The zero-order valence-corrected chi connectivity index (χ0v) is 10.3. The topological polar surface area (TPSA) is 69.8 Å². The minimum Gasteiger partial charge on any atom is -0.355 e. The van der Waals surface area contributed by atoms with Crippen LogP contribution >= 0.6 is 0 Å². The van der Waals surface area contributed by atoms with Gasteiger partial charge in [0.05, 0.1) is 11.7 Å². The fourth-order valence-electron chi connectivity index (χ4n) is 1.51. The third-order valence-corrected chi connectivity index (χ3v) is 2.61. The summed E-state index contributed by atoms with van der Waals surface area (Å²) >= 11 is 0. The fourth-order valence-corrected chi connectivity index (χ4v) is 1.51. The third kappa shape index (κ3) is 3.06. The van der Waals surface area contributed by atoms with E-state index in [9.17, 15) is 4.79 Å². The van der Waals surface area contributed by atoms with Crippen molar-refractivity contribution in [1.82, 2.24) is 20.8 Å². The number of H-pyrrole nitrogens is 1. The van der Waals surface area contributed by atoms with Gasteiger partial charge in [-0.1, -0.05) is 0 Å². The van der Waals surface area contributed by atoms with E-state index in [4.69, 9.17) is 0 Å². The minimum absolute atomic E-state index is 0.0290. The quantitative estimate of drug-likeness (QED) is 0.687. The Hall–Kier alpha value is -1.36. The van der Waals surface area contributed by atoms with Crippen molar-refractivity contribution in [3.8, 4) is 0 Å². The number of carbonyl (C=O) groups is 1. The maximum absolute atomic E-state index is 11.5. The first-order chi connectivity index (χ1) is 7.56. The van der Waals surface area contributed by atoms with Crippen LogP contribution in [-0.2, 0) is 11.3 Å². The summed E-state index contributed by atoms with van der Waals surface area (Å²) in [5, 5.41) is 13.0. The number of hydrogen-bond donors (Lipinski definition) is 3. The van der Waals surface area contributed by atoms with E-state index >= 15 is 0 Å². The summed E-state index contributed by atoms with van der Waals surface area (Å²) in [5.74, 6) is 0.0290. The molecule has 0 saturated heterocycles. The highest BCUT2D eigenvalue weighted by molar-refractivity contribution is 5.81. The fraction of sp³-hybridized carbons (Fsp3) is 0.636. The Balaban J connectivity index is 2.48. The number of likely N-dealkylation sites (N-methyl/N-ethyl adjacent to an activating group) is 1. The van der Waals surface area contributed by atoms with E-state index in [-0.39, 0.29) is 11.9 Å². The van der Waals surface area contributed by atoms with Crippen LogP contribution in [0.4, 0.5) is 0 Å². The molecule has 5 heteroatoms. The lowest BCUT2D eigenvalue weighted by Crippen LogP contribution is -2.41. The van der Waals surface area contributed by atoms with Gasteiger partial charge in [0.2, 0.25) is 5.91 Å². The molecule has 1 amide bonds. The standard InChI is InChI=1S/C11H20N4O/c1-5-12-11(16)9(4)13-6-10-7(2)14-15-8(10)3/h9,13H,5-6H2,1-4H3,(H,12,16)(H,14,15). The molecule has 1 heterocycles. The van der Waals surface area contributed by atoms with Crippen molar-refractivity contribution >= 4 is 5.91 Å².